The Kier molecular flexibility index (Phi) is 5.03. The van der Waals surface area contributed by atoms with Crippen molar-refractivity contribution in [2.75, 3.05) is 0 Å². The van der Waals surface area contributed by atoms with E-state index in [0.29, 0.717) is 21.4 Å². The van der Waals surface area contributed by atoms with Crippen LogP contribution in [0.25, 0.3) is 5.69 Å². The van der Waals surface area contributed by atoms with Crippen molar-refractivity contribution in [3.8, 4) is 11.6 Å². The van der Waals surface area contributed by atoms with Crippen LogP contribution in [0.3, 0.4) is 0 Å². The van der Waals surface area contributed by atoms with Gasteiger partial charge in [0, 0.05) is 16.3 Å². The Morgan fingerprint density at radius 1 is 1.04 bits per heavy atom. The molecule has 0 aliphatic carbocycles. The summed E-state index contributed by atoms with van der Waals surface area (Å²) >= 11 is 16.9. The van der Waals surface area contributed by atoms with Crippen LogP contribution in [0, 0.1) is 4.77 Å². The highest BCUT2D eigenvalue weighted by Gasteiger charge is 2.12. The predicted octanol–water partition coefficient (Wildman–Crippen LogP) is 4.66. The second-order valence-corrected chi connectivity index (χ2v) is 6.30. The second kappa shape index (κ2) is 7.23. The van der Waals surface area contributed by atoms with E-state index in [4.69, 9.17) is 35.4 Å². The molecule has 0 fully saturated rings. The number of aromatic hydroxyl groups is 1. The molecule has 0 saturated carbocycles. The number of aromatic amines is 1. The molecule has 0 atom stereocenters. The first kappa shape index (κ1) is 17.4. The Hall–Kier alpha value is -2.41. The summed E-state index contributed by atoms with van der Waals surface area (Å²) in [5.74, 6) is -0.311. The van der Waals surface area contributed by atoms with Crippen molar-refractivity contribution in [2.24, 2.45) is 4.99 Å². The quantitative estimate of drug-likeness (QED) is 0.503. The van der Waals surface area contributed by atoms with Gasteiger partial charge in [-0.05, 0) is 60.7 Å². The molecule has 8 heteroatoms. The monoisotopic (exact) mass is 391 g/mol. The first-order valence-electron chi connectivity index (χ1n) is 7.09. The average molecular weight is 392 g/mol. The number of hydrogen-bond donors (Lipinski definition) is 2. The zero-order valence-corrected chi connectivity index (χ0v) is 14.9. The maximum atomic E-state index is 12.1. The lowest BCUT2D eigenvalue weighted by atomic mass is 10.3. The molecule has 0 bridgehead atoms. The van der Waals surface area contributed by atoms with Gasteiger partial charge in [-0.25, -0.2) is 0 Å². The van der Waals surface area contributed by atoms with E-state index in [1.54, 1.807) is 48.5 Å². The van der Waals surface area contributed by atoms with Crippen LogP contribution in [0.15, 0.2) is 58.3 Å². The van der Waals surface area contributed by atoms with Gasteiger partial charge in [-0.3, -0.25) is 19.3 Å². The molecule has 0 unspecified atom stereocenters. The summed E-state index contributed by atoms with van der Waals surface area (Å²) in [5, 5.41) is 11.7. The van der Waals surface area contributed by atoms with E-state index in [9.17, 15) is 9.90 Å². The molecule has 25 heavy (non-hydrogen) atoms. The van der Waals surface area contributed by atoms with Gasteiger partial charge in [0.2, 0.25) is 5.88 Å². The van der Waals surface area contributed by atoms with Gasteiger partial charge in [0.15, 0.2) is 4.77 Å². The van der Waals surface area contributed by atoms with E-state index < -0.39 is 5.56 Å². The Morgan fingerprint density at radius 2 is 1.60 bits per heavy atom. The van der Waals surface area contributed by atoms with Crippen LogP contribution in [-0.4, -0.2) is 20.9 Å². The van der Waals surface area contributed by atoms with E-state index in [1.807, 2.05) is 0 Å². The molecule has 3 aromatic rings. The molecule has 1 aromatic heterocycles. The highest BCUT2D eigenvalue weighted by Crippen LogP contribution is 2.21. The average Bonchev–Trinajstić information content (AvgIpc) is 2.57. The molecular formula is C17H11Cl2N3O2S. The number of aromatic nitrogens is 2. The Morgan fingerprint density at radius 3 is 2.20 bits per heavy atom. The van der Waals surface area contributed by atoms with E-state index >= 15 is 0 Å². The van der Waals surface area contributed by atoms with Crippen molar-refractivity contribution in [3.05, 3.63) is 79.3 Å². The number of benzene rings is 2. The number of halogens is 2. The summed E-state index contributed by atoms with van der Waals surface area (Å²) < 4.78 is 1.39. The van der Waals surface area contributed by atoms with Gasteiger partial charge in [0.25, 0.3) is 5.56 Å². The molecule has 5 nitrogen and oxygen atoms in total. The van der Waals surface area contributed by atoms with Crippen molar-refractivity contribution in [2.45, 2.75) is 0 Å². The normalized spacial score (nSPS) is 11.1. The lowest BCUT2D eigenvalue weighted by molar-refractivity contribution is 0.432. The Balaban J connectivity index is 2.10. The van der Waals surface area contributed by atoms with Crippen molar-refractivity contribution in [1.82, 2.24) is 9.55 Å². The van der Waals surface area contributed by atoms with Gasteiger partial charge in [-0.1, -0.05) is 23.2 Å². The second-order valence-electron chi connectivity index (χ2n) is 5.04. The number of rotatable bonds is 3. The summed E-state index contributed by atoms with van der Waals surface area (Å²) in [5.41, 5.74) is 0.594. The molecule has 3 rings (SSSR count). The lowest BCUT2D eigenvalue weighted by Crippen LogP contribution is -2.17. The standard InChI is InChI=1S/C17H11Cl2N3O2S/c18-10-1-5-12(6-2-10)20-9-14-15(23)21-17(25)22(16(14)24)13-7-3-11(19)4-8-13/h1-9,24H,(H,21,23,25). The topological polar surface area (TPSA) is 70.4 Å². The van der Waals surface area contributed by atoms with E-state index in [1.165, 1.54) is 10.8 Å². The van der Waals surface area contributed by atoms with E-state index in [0.717, 1.165) is 0 Å². The molecule has 0 saturated heterocycles. The fourth-order valence-corrected chi connectivity index (χ4v) is 2.69. The number of hydrogen-bond acceptors (Lipinski definition) is 4. The van der Waals surface area contributed by atoms with Crippen LogP contribution >= 0.6 is 35.4 Å². The van der Waals surface area contributed by atoms with E-state index in [2.05, 4.69) is 9.98 Å². The highest BCUT2D eigenvalue weighted by molar-refractivity contribution is 7.71. The third kappa shape index (κ3) is 3.82. The van der Waals surface area contributed by atoms with Crippen LogP contribution in [0.5, 0.6) is 5.88 Å². The van der Waals surface area contributed by atoms with Gasteiger partial charge >= 0.3 is 0 Å². The van der Waals surface area contributed by atoms with Crippen LogP contribution in [0.1, 0.15) is 5.56 Å². The molecule has 0 radical (unpaired) electrons. The fourth-order valence-electron chi connectivity index (χ4n) is 2.15. The maximum Gasteiger partial charge on any atom is 0.264 e. The molecule has 0 aliphatic rings. The molecule has 2 aromatic carbocycles. The highest BCUT2D eigenvalue weighted by atomic mass is 35.5. The van der Waals surface area contributed by atoms with Crippen LogP contribution in [0.2, 0.25) is 10.0 Å². The molecule has 0 amide bonds. The number of nitrogens with zero attached hydrogens (tertiary/aromatic N) is 2. The summed E-state index contributed by atoms with van der Waals surface area (Å²) in [6.45, 7) is 0. The predicted molar refractivity (Wildman–Crippen MR) is 103 cm³/mol. The van der Waals surface area contributed by atoms with Crippen molar-refractivity contribution in [1.29, 1.82) is 0 Å². The maximum absolute atomic E-state index is 12.1. The molecule has 126 valence electrons. The molecule has 0 aliphatic heterocycles. The van der Waals surface area contributed by atoms with Gasteiger partial charge in [0.05, 0.1) is 11.4 Å². The largest absolute Gasteiger partial charge is 0.494 e. The van der Waals surface area contributed by atoms with Crippen molar-refractivity contribution in [3.63, 3.8) is 0 Å². The van der Waals surface area contributed by atoms with Gasteiger partial charge in [0.1, 0.15) is 5.56 Å². The molecule has 0 spiro atoms. The van der Waals surface area contributed by atoms with Gasteiger partial charge in [-0.15, -0.1) is 0 Å². The van der Waals surface area contributed by atoms with Gasteiger partial charge < -0.3 is 5.11 Å². The molecule has 2 N–H and O–H groups in total. The smallest absolute Gasteiger partial charge is 0.264 e. The lowest BCUT2D eigenvalue weighted by Gasteiger charge is -2.11. The summed E-state index contributed by atoms with van der Waals surface area (Å²) in [6.07, 6.45) is 1.28. The zero-order chi connectivity index (χ0) is 18.0. The number of nitrogens with one attached hydrogen (secondary N) is 1. The van der Waals surface area contributed by atoms with Crippen LogP contribution < -0.4 is 5.56 Å². The number of H-pyrrole nitrogens is 1. The minimum atomic E-state index is -0.537. The minimum Gasteiger partial charge on any atom is -0.494 e. The third-order valence-corrected chi connectivity index (χ3v) is 4.16. The third-order valence-electron chi connectivity index (χ3n) is 3.38. The van der Waals surface area contributed by atoms with E-state index in [-0.39, 0.29) is 16.2 Å². The number of aliphatic imine (C=N–C) groups is 1. The fraction of sp³-hybridized carbons (Fsp3) is 0. The van der Waals surface area contributed by atoms with Crippen LogP contribution in [0.4, 0.5) is 5.69 Å². The van der Waals surface area contributed by atoms with Crippen LogP contribution in [-0.2, 0) is 0 Å². The molecule has 1 heterocycles. The Bertz CT molecular complexity index is 1060. The summed E-state index contributed by atoms with van der Waals surface area (Å²) in [7, 11) is 0. The zero-order valence-electron chi connectivity index (χ0n) is 12.6. The van der Waals surface area contributed by atoms with Crippen molar-refractivity contribution >= 4 is 47.3 Å². The first-order chi connectivity index (χ1) is 12.0. The SMILES string of the molecule is O=c1[nH]c(=S)n(-c2ccc(Cl)cc2)c(O)c1C=Nc1ccc(Cl)cc1. The molecular weight excluding hydrogens is 381 g/mol. The minimum absolute atomic E-state index is 0.0153. The summed E-state index contributed by atoms with van der Waals surface area (Å²) in [6, 6.07) is 13.4. The van der Waals surface area contributed by atoms with Crippen molar-refractivity contribution < 1.29 is 5.11 Å². The van der Waals surface area contributed by atoms with Gasteiger partial charge in [-0.2, -0.15) is 0 Å². The Labute approximate surface area is 157 Å². The summed E-state index contributed by atoms with van der Waals surface area (Å²) in [4.78, 5) is 18.9. The first-order valence-corrected chi connectivity index (χ1v) is 8.26.